The molecule has 0 spiro atoms. The van der Waals surface area contributed by atoms with E-state index in [1.54, 1.807) is 6.07 Å². The molecule has 3 rings (SSSR count). The van der Waals surface area contributed by atoms with Crippen LogP contribution in [0, 0.1) is 17.1 Å². The number of β-amino-alcohol motifs (C(OH)–C–C–N with tert-alkyl or cyclic N) is 1. The van der Waals surface area contributed by atoms with Gasteiger partial charge >= 0.3 is 0 Å². The Morgan fingerprint density at radius 2 is 1.84 bits per heavy atom. The van der Waals surface area contributed by atoms with Crippen LogP contribution in [0.2, 0.25) is 10.0 Å². The Morgan fingerprint density at radius 3 is 2.39 bits per heavy atom. The van der Waals surface area contributed by atoms with Gasteiger partial charge in [0.2, 0.25) is 10.0 Å². The average Bonchev–Trinajstić information content (AvgIpc) is 3.09. The summed E-state index contributed by atoms with van der Waals surface area (Å²) in [4.78, 5) is -0.925. The minimum atomic E-state index is -4.48. The van der Waals surface area contributed by atoms with Crippen molar-refractivity contribution in [2.24, 2.45) is 0 Å². The second-order valence-electron chi connectivity index (χ2n) is 6.93. The van der Waals surface area contributed by atoms with Crippen molar-refractivity contribution in [3.8, 4) is 6.07 Å². The first-order chi connectivity index (χ1) is 14.4. The molecule has 0 aromatic heterocycles. The molecule has 2 atom stereocenters. The van der Waals surface area contributed by atoms with Crippen LogP contribution >= 0.6 is 23.2 Å². The highest BCUT2D eigenvalue weighted by Gasteiger charge is 2.55. The molecule has 0 bridgehead atoms. The summed E-state index contributed by atoms with van der Waals surface area (Å²) in [6.45, 7) is -2.54. The molecule has 13 heteroatoms. The molecule has 0 amide bonds. The van der Waals surface area contributed by atoms with E-state index in [1.807, 2.05) is 0 Å². The molecule has 31 heavy (non-hydrogen) atoms. The van der Waals surface area contributed by atoms with Gasteiger partial charge in [0.1, 0.15) is 21.6 Å². The molecule has 2 N–H and O–H groups in total. The quantitative estimate of drug-likeness (QED) is 0.625. The number of nitrogens with zero attached hydrogens (tertiary/aromatic N) is 2. The number of benzene rings is 2. The zero-order valence-corrected chi connectivity index (χ0v) is 18.7. The zero-order chi connectivity index (χ0) is 23.2. The summed E-state index contributed by atoms with van der Waals surface area (Å²) in [7, 11) is -8.89. The molecule has 1 heterocycles. The summed E-state index contributed by atoms with van der Waals surface area (Å²) >= 11 is 11.6. The monoisotopic (exact) mass is 508 g/mol. The lowest BCUT2D eigenvalue weighted by atomic mass is 10.1. The lowest BCUT2D eigenvalue weighted by molar-refractivity contribution is 0.00159. The van der Waals surface area contributed by atoms with Gasteiger partial charge in [0.25, 0.3) is 0 Å². The van der Waals surface area contributed by atoms with Gasteiger partial charge in [-0.15, -0.1) is 0 Å². The van der Waals surface area contributed by atoms with Gasteiger partial charge in [-0.05, 0) is 36.4 Å². The Hall–Kier alpha value is -1.78. The van der Waals surface area contributed by atoms with E-state index in [9.17, 15) is 31.4 Å². The normalized spacial score (nSPS) is 22.4. The fourth-order valence-electron chi connectivity index (χ4n) is 3.29. The Bertz CT molecular complexity index is 1300. The van der Waals surface area contributed by atoms with E-state index >= 15 is 0 Å². The Balaban J connectivity index is 2.04. The van der Waals surface area contributed by atoms with Gasteiger partial charge in [0, 0.05) is 13.1 Å². The Kier molecular flexibility index (Phi) is 6.38. The first-order valence-corrected chi connectivity index (χ1v) is 12.3. The number of halogens is 3. The highest BCUT2D eigenvalue weighted by Crippen LogP contribution is 2.36. The smallest absolute Gasteiger partial charge is 0.244 e. The summed E-state index contributed by atoms with van der Waals surface area (Å²) in [5.41, 5.74) is -2.25. The predicted octanol–water partition coefficient (Wildman–Crippen LogP) is 1.57. The third kappa shape index (κ3) is 4.17. The highest BCUT2D eigenvalue weighted by atomic mass is 35.5. The van der Waals surface area contributed by atoms with E-state index in [4.69, 9.17) is 28.5 Å². The first-order valence-electron chi connectivity index (χ1n) is 8.59. The van der Waals surface area contributed by atoms with Crippen LogP contribution in [-0.4, -0.2) is 61.9 Å². The zero-order valence-electron chi connectivity index (χ0n) is 15.5. The van der Waals surface area contributed by atoms with Crippen LogP contribution in [0.4, 0.5) is 4.39 Å². The van der Waals surface area contributed by atoms with Crippen LogP contribution in [0.25, 0.3) is 0 Å². The molecular weight excluding hydrogens is 494 g/mol. The minimum absolute atomic E-state index is 0.113. The van der Waals surface area contributed by atoms with Crippen LogP contribution in [-0.2, 0) is 19.9 Å². The fourth-order valence-corrected chi connectivity index (χ4v) is 7.49. The summed E-state index contributed by atoms with van der Waals surface area (Å²) in [5.74, 6) is -1.01. The van der Waals surface area contributed by atoms with E-state index in [0.29, 0.717) is 10.4 Å². The van der Waals surface area contributed by atoms with Crippen molar-refractivity contribution in [3.63, 3.8) is 0 Å². The molecule has 1 saturated heterocycles. The van der Waals surface area contributed by atoms with Crippen LogP contribution in [0.15, 0.2) is 46.2 Å². The standard InChI is InChI=1S/C18H15Cl2FN2O6S2/c19-13-3-2-12(6-15(13)21)30(26,27)17-8-23(9-18(17,25)10-24)31(28,29)16-4-1-11(7-22)5-14(16)20/h1-6,17,24-25H,8-10H2/t17?,18-/m1/s1. The maximum atomic E-state index is 13.8. The lowest BCUT2D eigenvalue weighted by Gasteiger charge is -2.26. The van der Waals surface area contributed by atoms with Crippen LogP contribution < -0.4 is 0 Å². The molecule has 0 radical (unpaired) electrons. The van der Waals surface area contributed by atoms with Gasteiger partial charge in [-0.1, -0.05) is 23.2 Å². The SMILES string of the molecule is N#Cc1ccc(S(=O)(=O)N2CC(S(=O)(=O)c3ccc(Cl)c(F)c3)[C@](O)(CO)C2)c(Cl)c1. The van der Waals surface area contributed by atoms with E-state index < -0.39 is 66.0 Å². The molecule has 8 nitrogen and oxygen atoms in total. The van der Waals surface area contributed by atoms with Gasteiger partial charge < -0.3 is 10.2 Å². The first kappa shape index (κ1) is 23.9. The van der Waals surface area contributed by atoms with Crippen molar-refractivity contribution in [2.75, 3.05) is 19.7 Å². The van der Waals surface area contributed by atoms with Crippen molar-refractivity contribution in [2.45, 2.75) is 20.6 Å². The summed E-state index contributed by atoms with van der Waals surface area (Å²) < 4.78 is 66.7. The summed E-state index contributed by atoms with van der Waals surface area (Å²) in [5, 5.41) is 27.0. The molecule has 1 aliphatic heterocycles. The number of hydrogen-bond acceptors (Lipinski definition) is 7. The minimum Gasteiger partial charge on any atom is -0.393 e. The summed E-state index contributed by atoms with van der Waals surface area (Å²) in [6, 6.07) is 7.94. The Labute approximate surface area is 188 Å². The van der Waals surface area contributed by atoms with Gasteiger partial charge in [-0.25, -0.2) is 21.2 Å². The van der Waals surface area contributed by atoms with Crippen LogP contribution in [0.3, 0.4) is 0 Å². The van der Waals surface area contributed by atoms with Gasteiger partial charge in [0.15, 0.2) is 9.84 Å². The van der Waals surface area contributed by atoms with Crippen molar-refractivity contribution in [1.82, 2.24) is 4.31 Å². The van der Waals surface area contributed by atoms with Crippen molar-refractivity contribution >= 4 is 43.1 Å². The molecule has 0 saturated carbocycles. The van der Waals surface area contributed by atoms with E-state index in [0.717, 1.165) is 24.3 Å². The second-order valence-corrected chi connectivity index (χ2v) is 11.8. The number of sulfonamides is 1. The number of hydrogen-bond donors (Lipinski definition) is 2. The summed E-state index contributed by atoms with van der Waals surface area (Å²) in [6.07, 6.45) is 0. The average molecular weight is 509 g/mol. The predicted molar refractivity (Wildman–Crippen MR) is 109 cm³/mol. The fraction of sp³-hybridized carbons (Fsp3) is 0.278. The third-order valence-electron chi connectivity index (χ3n) is 4.97. The molecular formula is C18H15Cl2FN2O6S2. The van der Waals surface area contributed by atoms with Crippen molar-refractivity contribution < 1.29 is 31.4 Å². The molecule has 2 aromatic rings. The van der Waals surface area contributed by atoms with E-state index in [2.05, 4.69) is 0 Å². The lowest BCUT2D eigenvalue weighted by Crippen LogP contribution is -2.49. The number of rotatable bonds is 5. The maximum absolute atomic E-state index is 13.8. The van der Waals surface area contributed by atoms with Gasteiger partial charge in [0.05, 0.1) is 33.2 Å². The molecule has 0 aliphatic carbocycles. The highest BCUT2D eigenvalue weighted by molar-refractivity contribution is 7.92. The Morgan fingerprint density at radius 1 is 1.16 bits per heavy atom. The molecule has 1 aliphatic rings. The van der Waals surface area contributed by atoms with Gasteiger partial charge in [-0.3, -0.25) is 0 Å². The molecule has 1 unspecified atom stereocenters. The topological polar surface area (TPSA) is 136 Å². The number of nitriles is 1. The maximum Gasteiger partial charge on any atom is 0.244 e. The third-order valence-corrected chi connectivity index (χ3v) is 9.81. The van der Waals surface area contributed by atoms with Crippen molar-refractivity contribution in [1.29, 1.82) is 5.26 Å². The van der Waals surface area contributed by atoms with E-state index in [-0.39, 0.29) is 15.6 Å². The number of sulfone groups is 1. The van der Waals surface area contributed by atoms with E-state index in [1.165, 1.54) is 6.07 Å². The number of aliphatic hydroxyl groups is 2. The van der Waals surface area contributed by atoms with Crippen LogP contribution in [0.1, 0.15) is 5.56 Å². The van der Waals surface area contributed by atoms with Crippen molar-refractivity contribution in [3.05, 3.63) is 57.8 Å². The molecule has 2 aromatic carbocycles. The van der Waals surface area contributed by atoms with Crippen LogP contribution in [0.5, 0.6) is 0 Å². The number of aliphatic hydroxyl groups excluding tert-OH is 1. The molecule has 1 fully saturated rings. The molecule has 166 valence electrons. The second kappa shape index (κ2) is 8.29. The largest absolute Gasteiger partial charge is 0.393 e. The van der Waals surface area contributed by atoms with Gasteiger partial charge in [-0.2, -0.15) is 9.57 Å².